The highest BCUT2D eigenvalue weighted by Crippen LogP contribution is 2.63. The summed E-state index contributed by atoms with van der Waals surface area (Å²) in [6.07, 6.45) is 0.763. The molecule has 3 heterocycles. The highest BCUT2D eigenvalue weighted by Gasteiger charge is 2.70. The fourth-order valence-electron chi connectivity index (χ4n) is 5.67. The lowest BCUT2D eigenvalue weighted by molar-refractivity contribution is -0.241. The average Bonchev–Trinajstić information content (AvgIpc) is 3.23. The van der Waals surface area contributed by atoms with Gasteiger partial charge in [-0.25, -0.2) is 0 Å². The zero-order valence-corrected chi connectivity index (χ0v) is 16.5. The van der Waals surface area contributed by atoms with E-state index < -0.39 is 17.9 Å². The molecule has 0 aromatic heterocycles. The third kappa shape index (κ3) is 2.69. The first-order valence-electron chi connectivity index (χ1n) is 9.71. The number of ether oxygens (including phenoxy) is 5. The van der Waals surface area contributed by atoms with E-state index in [1.54, 1.807) is 0 Å². The molecule has 7 atom stereocenters. The van der Waals surface area contributed by atoms with Crippen LogP contribution >= 0.6 is 0 Å². The highest BCUT2D eigenvalue weighted by molar-refractivity contribution is 5.24. The fraction of sp³-hybridized carbons (Fsp3) is 0.900. The summed E-state index contributed by atoms with van der Waals surface area (Å²) >= 11 is 0. The van der Waals surface area contributed by atoms with Gasteiger partial charge in [0.1, 0.15) is 12.2 Å². The van der Waals surface area contributed by atoms with Crippen LogP contribution in [0.2, 0.25) is 0 Å². The quantitative estimate of drug-likeness (QED) is 0.773. The number of aliphatic hydroxyl groups is 1. The maximum absolute atomic E-state index is 9.92. The Labute approximate surface area is 155 Å². The van der Waals surface area contributed by atoms with Crippen molar-refractivity contribution in [1.29, 1.82) is 0 Å². The Bertz CT molecular complexity index is 587. The van der Waals surface area contributed by atoms with Crippen LogP contribution in [-0.2, 0) is 23.7 Å². The van der Waals surface area contributed by atoms with Gasteiger partial charge in [-0.15, -0.1) is 0 Å². The number of allylic oxidation sites excluding steroid dienone is 1. The molecule has 148 valence electrons. The van der Waals surface area contributed by atoms with Crippen molar-refractivity contribution in [3.05, 3.63) is 12.2 Å². The molecule has 0 aromatic rings. The maximum Gasteiger partial charge on any atom is 0.188 e. The van der Waals surface area contributed by atoms with Gasteiger partial charge >= 0.3 is 0 Å². The molecule has 1 spiro atoms. The smallest absolute Gasteiger partial charge is 0.188 e. The molecule has 0 amide bonds. The summed E-state index contributed by atoms with van der Waals surface area (Å²) in [6.45, 7) is 14.7. The monoisotopic (exact) mass is 368 g/mol. The first-order chi connectivity index (χ1) is 12.1. The molecule has 6 heteroatoms. The first-order valence-corrected chi connectivity index (χ1v) is 9.71. The van der Waals surface area contributed by atoms with Crippen molar-refractivity contribution in [2.75, 3.05) is 13.2 Å². The standard InChI is InChI=1S/C20H32O6/c1-11-7-8-20(14(11)12(2)9-21)15(13-10-22-18(3,4)24-13)23-17-16(20)25-19(5,6)26-17/h12-17,21H,1,7-10H2,2-6H3/t12-,13-,14+,15-,16+,17-,20-/m1/s1. The van der Waals surface area contributed by atoms with Crippen molar-refractivity contribution in [2.24, 2.45) is 17.3 Å². The summed E-state index contributed by atoms with van der Waals surface area (Å²) in [6, 6.07) is 0. The Morgan fingerprint density at radius 2 is 1.85 bits per heavy atom. The number of rotatable bonds is 3. The van der Waals surface area contributed by atoms with Crippen LogP contribution in [-0.4, -0.2) is 54.5 Å². The van der Waals surface area contributed by atoms with Crippen LogP contribution in [0.1, 0.15) is 47.5 Å². The van der Waals surface area contributed by atoms with Crippen molar-refractivity contribution < 1.29 is 28.8 Å². The first kappa shape index (κ1) is 18.8. The lowest BCUT2D eigenvalue weighted by Crippen LogP contribution is -2.52. The highest BCUT2D eigenvalue weighted by atomic mass is 16.8. The van der Waals surface area contributed by atoms with Crippen LogP contribution in [0.4, 0.5) is 0 Å². The van der Waals surface area contributed by atoms with Gasteiger partial charge in [0.15, 0.2) is 17.9 Å². The Morgan fingerprint density at radius 1 is 1.12 bits per heavy atom. The predicted octanol–water partition coefficient (Wildman–Crippen LogP) is 2.60. The van der Waals surface area contributed by atoms with Crippen LogP contribution in [0.15, 0.2) is 12.2 Å². The van der Waals surface area contributed by atoms with Crippen molar-refractivity contribution >= 4 is 0 Å². The molecule has 4 rings (SSSR count). The Hall–Kier alpha value is -0.500. The molecule has 1 saturated carbocycles. The zero-order chi connectivity index (χ0) is 18.9. The van der Waals surface area contributed by atoms with Gasteiger partial charge in [-0.2, -0.15) is 0 Å². The molecular formula is C20H32O6. The van der Waals surface area contributed by atoms with Crippen molar-refractivity contribution in [3.8, 4) is 0 Å². The van der Waals surface area contributed by atoms with E-state index in [0.29, 0.717) is 6.61 Å². The lowest BCUT2D eigenvalue weighted by atomic mass is 9.64. The second kappa shape index (κ2) is 6.00. The molecule has 4 fully saturated rings. The molecule has 0 unspecified atom stereocenters. The molecule has 0 radical (unpaired) electrons. The summed E-state index contributed by atoms with van der Waals surface area (Å²) < 4.78 is 30.9. The van der Waals surface area contributed by atoms with E-state index in [1.165, 1.54) is 0 Å². The third-order valence-electron chi connectivity index (χ3n) is 6.52. The van der Waals surface area contributed by atoms with Gasteiger partial charge in [0.05, 0.1) is 12.7 Å². The molecule has 6 nitrogen and oxygen atoms in total. The van der Waals surface area contributed by atoms with E-state index in [-0.39, 0.29) is 42.2 Å². The minimum atomic E-state index is -0.684. The molecule has 26 heavy (non-hydrogen) atoms. The molecule has 1 N–H and O–H groups in total. The van der Waals surface area contributed by atoms with E-state index in [2.05, 4.69) is 13.5 Å². The second-order valence-corrected chi connectivity index (χ2v) is 9.26. The summed E-state index contributed by atoms with van der Waals surface area (Å²) in [7, 11) is 0. The maximum atomic E-state index is 9.92. The topological polar surface area (TPSA) is 66.4 Å². The minimum absolute atomic E-state index is 0.0671. The number of hydrogen-bond acceptors (Lipinski definition) is 6. The van der Waals surface area contributed by atoms with E-state index >= 15 is 0 Å². The number of fused-ring (bicyclic) bond motifs is 2. The SMILES string of the molecule is C=C1CC[C@]2([C@@H]([C@H]3COC(C)(C)O3)O[C@@H]3OC(C)(C)O[C@@H]32)[C@@H]1[C@H](C)CO. The van der Waals surface area contributed by atoms with Crippen LogP contribution in [0.25, 0.3) is 0 Å². The summed E-state index contributed by atoms with van der Waals surface area (Å²) in [5.41, 5.74) is 0.832. The van der Waals surface area contributed by atoms with Gasteiger partial charge in [-0.1, -0.05) is 19.1 Å². The van der Waals surface area contributed by atoms with Crippen molar-refractivity contribution in [2.45, 2.75) is 83.6 Å². The Morgan fingerprint density at radius 3 is 2.46 bits per heavy atom. The Kier molecular flexibility index (Phi) is 4.35. The molecule has 1 aliphatic carbocycles. The van der Waals surface area contributed by atoms with Crippen LogP contribution in [0.5, 0.6) is 0 Å². The van der Waals surface area contributed by atoms with Crippen LogP contribution in [0, 0.1) is 17.3 Å². The van der Waals surface area contributed by atoms with Gasteiger partial charge in [0, 0.05) is 12.0 Å². The van der Waals surface area contributed by atoms with Gasteiger partial charge in [0.2, 0.25) is 0 Å². The van der Waals surface area contributed by atoms with Crippen LogP contribution in [0.3, 0.4) is 0 Å². The number of aliphatic hydroxyl groups excluding tert-OH is 1. The van der Waals surface area contributed by atoms with Gasteiger partial charge in [0.25, 0.3) is 0 Å². The fourth-order valence-corrected chi connectivity index (χ4v) is 5.67. The van der Waals surface area contributed by atoms with Crippen molar-refractivity contribution in [1.82, 2.24) is 0 Å². The third-order valence-corrected chi connectivity index (χ3v) is 6.52. The molecule has 0 aromatic carbocycles. The van der Waals surface area contributed by atoms with Crippen molar-refractivity contribution in [3.63, 3.8) is 0 Å². The Balaban J connectivity index is 1.74. The molecule has 3 saturated heterocycles. The van der Waals surface area contributed by atoms with E-state index in [1.807, 2.05) is 27.7 Å². The van der Waals surface area contributed by atoms with E-state index in [0.717, 1.165) is 18.4 Å². The van der Waals surface area contributed by atoms with Gasteiger partial charge < -0.3 is 28.8 Å². The zero-order valence-electron chi connectivity index (χ0n) is 16.5. The number of hydrogen-bond donors (Lipinski definition) is 1. The van der Waals surface area contributed by atoms with E-state index in [4.69, 9.17) is 23.7 Å². The minimum Gasteiger partial charge on any atom is -0.396 e. The molecule has 4 aliphatic rings. The predicted molar refractivity (Wildman–Crippen MR) is 94.1 cm³/mol. The summed E-state index contributed by atoms with van der Waals surface area (Å²) in [5, 5.41) is 9.92. The largest absolute Gasteiger partial charge is 0.396 e. The van der Waals surface area contributed by atoms with Gasteiger partial charge in [-0.05, 0) is 52.4 Å². The average molecular weight is 368 g/mol. The summed E-state index contributed by atoms with van der Waals surface area (Å²) in [4.78, 5) is 0. The molecule has 3 aliphatic heterocycles. The van der Waals surface area contributed by atoms with E-state index in [9.17, 15) is 5.11 Å². The lowest BCUT2D eigenvalue weighted by Gasteiger charge is -2.43. The van der Waals surface area contributed by atoms with Crippen LogP contribution < -0.4 is 0 Å². The summed E-state index contributed by atoms with van der Waals surface area (Å²) in [5.74, 6) is -1.15. The molecule has 0 bridgehead atoms. The normalized spacial score (nSPS) is 47.6. The molecular weight excluding hydrogens is 336 g/mol. The second-order valence-electron chi connectivity index (χ2n) is 9.26. The van der Waals surface area contributed by atoms with Gasteiger partial charge in [-0.3, -0.25) is 0 Å².